The third kappa shape index (κ3) is 4.60. The summed E-state index contributed by atoms with van der Waals surface area (Å²) in [6, 6.07) is 14.7. The Morgan fingerprint density at radius 3 is 2.61 bits per heavy atom. The van der Waals surface area contributed by atoms with Crippen molar-refractivity contribution >= 4 is 56.2 Å². The molecule has 0 bridgehead atoms. The zero-order valence-corrected chi connectivity index (χ0v) is 21.0. The highest BCUT2D eigenvalue weighted by atomic mass is 79.9. The molecule has 1 saturated heterocycles. The van der Waals surface area contributed by atoms with E-state index in [4.69, 9.17) is 0 Å². The standard InChI is InChI=1S/C25H28BrN3OS/c1-15(2)29-21-11-6-17(12-20(21)16(3)14-25(29,4)5)13-22-23(30)28-24(31-22)27-19-9-7-18(26)8-10-19/h6-13,15-16H,14H2,1-5H3,(H,27,28,30)/b22-13-/t16-/m1/s1. The van der Waals surface area contributed by atoms with E-state index in [1.54, 1.807) is 0 Å². The Hall–Kier alpha value is -2.05. The Bertz CT molecular complexity index is 1070. The Kier molecular flexibility index (Phi) is 6.05. The van der Waals surface area contributed by atoms with E-state index in [2.05, 4.69) is 84.0 Å². The molecule has 0 aromatic heterocycles. The van der Waals surface area contributed by atoms with Gasteiger partial charge in [0.05, 0.1) is 10.6 Å². The fourth-order valence-corrected chi connectivity index (χ4v) is 5.91. The number of benzene rings is 2. The van der Waals surface area contributed by atoms with Gasteiger partial charge >= 0.3 is 0 Å². The number of aliphatic imine (C=N–C) groups is 1. The maximum Gasteiger partial charge on any atom is 0.264 e. The molecule has 4 nitrogen and oxygen atoms in total. The Morgan fingerprint density at radius 2 is 1.94 bits per heavy atom. The molecule has 2 aliphatic rings. The first-order valence-electron chi connectivity index (χ1n) is 10.6. The molecule has 4 rings (SSSR count). The van der Waals surface area contributed by atoms with Gasteiger partial charge in [-0.3, -0.25) is 4.79 Å². The van der Waals surface area contributed by atoms with Gasteiger partial charge < -0.3 is 10.2 Å². The largest absolute Gasteiger partial charge is 0.364 e. The van der Waals surface area contributed by atoms with Gasteiger partial charge in [-0.1, -0.05) is 28.9 Å². The van der Waals surface area contributed by atoms with E-state index in [1.807, 2.05) is 30.3 Å². The molecule has 162 valence electrons. The van der Waals surface area contributed by atoms with Crippen molar-refractivity contribution in [1.29, 1.82) is 0 Å². The molecule has 0 saturated carbocycles. The van der Waals surface area contributed by atoms with Gasteiger partial charge in [-0.05, 0) is 105 Å². The number of hydrogen-bond acceptors (Lipinski definition) is 4. The summed E-state index contributed by atoms with van der Waals surface area (Å²) in [4.78, 5) is 20.3. The van der Waals surface area contributed by atoms with E-state index in [1.165, 1.54) is 23.0 Å². The summed E-state index contributed by atoms with van der Waals surface area (Å²) in [5.41, 5.74) is 4.65. The Balaban J connectivity index is 1.62. The number of fused-ring (bicyclic) bond motifs is 1. The first kappa shape index (κ1) is 22.2. The van der Waals surface area contributed by atoms with Crippen molar-refractivity contribution in [2.45, 2.75) is 58.5 Å². The molecule has 1 atom stereocenters. The third-order valence-electron chi connectivity index (χ3n) is 5.82. The van der Waals surface area contributed by atoms with Crippen LogP contribution in [0.1, 0.15) is 58.1 Å². The fraction of sp³-hybridized carbons (Fsp3) is 0.360. The maximum atomic E-state index is 12.5. The maximum absolute atomic E-state index is 12.5. The van der Waals surface area contributed by atoms with Crippen LogP contribution in [0, 0.1) is 0 Å². The highest BCUT2D eigenvalue weighted by Gasteiger charge is 2.37. The van der Waals surface area contributed by atoms with Crippen LogP contribution in [0.2, 0.25) is 0 Å². The molecule has 1 N–H and O–H groups in total. The van der Waals surface area contributed by atoms with Gasteiger partial charge in [-0.15, -0.1) is 0 Å². The molecule has 31 heavy (non-hydrogen) atoms. The van der Waals surface area contributed by atoms with E-state index >= 15 is 0 Å². The zero-order chi connectivity index (χ0) is 22.3. The second-order valence-corrected chi connectivity index (χ2v) is 11.1. The summed E-state index contributed by atoms with van der Waals surface area (Å²) >= 11 is 4.81. The quantitative estimate of drug-likeness (QED) is 0.471. The first-order chi connectivity index (χ1) is 14.6. The number of nitrogens with one attached hydrogen (secondary N) is 1. The van der Waals surface area contributed by atoms with Crippen molar-refractivity contribution in [3.63, 3.8) is 0 Å². The molecule has 2 aromatic rings. The van der Waals surface area contributed by atoms with Crippen LogP contribution in [0.3, 0.4) is 0 Å². The van der Waals surface area contributed by atoms with E-state index in [0.717, 1.165) is 22.1 Å². The molecule has 1 fully saturated rings. The molecule has 0 spiro atoms. The molecule has 2 heterocycles. The molecule has 2 aliphatic heterocycles. The average molecular weight is 498 g/mol. The van der Waals surface area contributed by atoms with Crippen molar-refractivity contribution in [3.05, 3.63) is 63.0 Å². The van der Waals surface area contributed by atoms with Crippen LogP contribution in [0.15, 0.2) is 56.8 Å². The number of hydrogen-bond donors (Lipinski definition) is 1. The first-order valence-corrected chi connectivity index (χ1v) is 12.2. The highest BCUT2D eigenvalue weighted by Crippen LogP contribution is 2.45. The monoisotopic (exact) mass is 497 g/mol. The van der Waals surface area contributed by atoms with Crippen LogP contribution in [0.4, 0.5) is 11.4 Å². The van der Waals surface area contributed by atoms with Gasteiger partial charge in [0, 0.05) is 21.7 Å². The van der Waals surface area contributed by atoms with Crippen LogP contribution in [-0.4, -0.2) is 22.7 Å². The van der Waals surface area contributed by atoms with E-state index in [-0.39, 0.29) is 11.4 Å². The SMILES string of the molecule is CC(C)N1c2ccc(/C=C3\SC(=Nc4ccc(Br)cc4)NC3=O)cc2[C@H](C)CC1(C)C. The number of carbonyl (C=O) groups excluding carboxylic acids is 1. The van der Waals surface area contributed by atoms with Crippen LogP contribution in [0.5, 0.6) is 0 Å². The molecule has 1 amide bonds. The molecule has 6 heteroatoms. The van der Waals surface area contributed by atoms with E-state index in [9.17, 15) is 4.79 Å². The fourth-order valence-electron chi connectivity index (χ4n) is 4.80. The van der Waals surface area contributed by atoms with E-state index < -0.39 is 0 Å². The minimum atomic E-state index is -0.100. The number of nitrogens with zero attached hydrogens (tertiary/aromatic N) is 2. The summed E-state index contributed by atoms with van der Waals surface area (Å²) in [5.74, 6) is 0.370. The van der Waals surface area contributed by atoms with Crippen LogP contribution < -0.4 is 10.2 Å². The number of halogens is 1. The van der Waals surface area contributed by atoms with Gasteiger partial charge in [0.15, 0.2) is 5.17 Å². The van der Waals surface area contributed by atoms with Crippen molar-refractivity contribution in [2.75, 3.05) is 4.90 Å². The molecule has 0 unspecified atom stereocenters. The predicted molar refractivity (Wildman–Crippen MR) is 136 cm³/mol. The summed E-state index contributed by atoms with van der Waals surface area (Å²) < 4.78 is 1.00. The lowest BCUT2D eigenvalue weighted by Crippen LogP contribution is -2.51. The zero-order valence-electron chi connectivity index (χ0n) is 18.6. The minimum Gasteiger partial charge on any atom is -0.364 e. The minimum absolute atomic E-state index is 0.100. The van der Waals surface area contributed by atoms with Crippen molar-refractivity contribution in [2.24, 2.45) is 4.99 Å². The Morgan fingerprint density at radius 1 is 1.23 bits per heavy atom. The number of thioether (sulfide) groups is 1. The molecule has 0 aliphatic carbocycles. The smallest absolute Gasteiger partial charge is 0.264 e. The number of amidine groups is 1. The lowest BCUT2D eigenvalue weighted by atomic mass is 9.79. The van der Waals surface area contributed by atoms with Gasteiger partial charge in [0.25, 0.3) is 5.91 Å². The van der Waals surface area contributed by atoms with Crippen LogP contribution >= 0.6 is 27.7 Å². The van der Waals surface area contributed by atoms with Gasteiger partial charge in [0.2, 0.25) is 0 Å². The number of rotatable bonds is 3. The third-order valence-corrected chi connectivity index (χ3v) is 7.26. The second-order valence-electron chi connectivity index (χ2n) is 9.16. The lowest BCUT2D eigenvalue weighted by Gasteiger charge is -2.50. The van der Waals surface area contributed by atoms with Crippen molar-refractivity contribution in [3.8, 4) is 0 Å². The number of anilines is 1. The van der Waals surface area contributed by atoms with Crippen LogP contribution in [-0.2, 0) is 4.79 Å². The van der Waals surface area contributed by atoms with Crippen molar-refractivity contribution < 1.29 is 4.79 Å². The average Bonchev–Trinajstić information content (AvgIpc) is 3.02. The van der Waals surface area contributed by atoms with E-state index in [0.29, 0.717) is 22.0 Å². The van der Waals surface area contributed by atoms with Crippen LogP contribution in [0.25, 0.3) is 6.08 Å². The number of carbonyl (C=O) groups is 1. The summed E-state index contributed by atoms with van der Waals surface area (Å²) in [5, 5.41) is 3.49. The topological polar surface area (TPSA) is 44.7 Å². The highest BCUT2D eigenvalue weighted by molar-refractivity contribution is 9.10. The van der Waals surface area contributed by atoms with Gasteiger partial charge in [0.1, 0.15) is 0 Å². The molecule has 2 aromatic carbocycles. The summed E-state index contributed by atoms with van der Waals surface area (Å²) in [6.07, 6.45) is 3.08. The van der Waals surface area contributed by atoms with Gasteiger partial charge in [-0.2, -0.15) is 0 Å². The summed E-state index contributed by atoms with van der Waals surface area (Å²) in [7, 11) is 0. The predicted octanol–water partition coefficient (Wildman–Crippen LogP) is 6.84. The normalized spacial score (nSPS) is 22.9. The lowest BCUT2D eigenvalue weighted by molar-refractivity contribution is -0.115. The second kappa shape index (κ2) is 8.47. The molecular formula is C25H28BrN3OS. The molecule has 0 radical (unpaired) electrons. The van der Waals surface area contributed by atoms with Crippen molar-refractivity contribution in [1.82, 2.24) is 5.32 Å². The molecular weight excluding hydrogens is 470 g/mol. The van der Waals surface area contributed by atoms with Gasteiger partial charge in [-0.25, -0.2) is 4.99 Å². The number of amides is 1. The summed E-state index contributed by atoms with van der Waals surface area (Å²) in [6.45, 7) is 11.5. The Labute approximate surface area is 197 Å².